The average molecular weight is 209 g/mol. The van der Waals surface area contributed by atoms with E-state index in [-0.39, 0.29) is 0 Å². The van der Waals surface area contributed by atoms with Crippen LogP contribution in [0.25, 0.3) is 10.9 Å². The standard InChI is InChI=1S/C9H7BrN/c1-6-7-4-2-3-5-8(7)11-9(6)10/h2-5,11H,1H2. The predicted molar refractivity (Wildman–Crippen MR) is 50.5 cm³/mol. The van der Waals surface area contributed by atoms with Crippen LogP contribution < -0.4 is 0 Å². The quantitative estimate of drug-likeness (QED) is 0.686. The molecule has 2 heteroatoms. The lowest BCUT2D eigenvalue weighted by atomic mass is 10.2. The number of H-pyrrole nitrogens is 1. The van der Waals surface area contributed by atoms with E-state index in [1.165, 1.54) is 5.39 Å². The highest BCUT2D eigenvalue weighted by atomic mass is 79.9. The molecule has 11 heavy (non-hydrogen) atoms. The number of aromatic nitrogens is 1. The molecular weight excluding hydrogens is 202 g/mol. The molecule has 2 aromatic rings. The Balaban J connectivity index is 2.92. The minimum Gasteiger partial charge on any atom is -0.349 e. The Labute approximate surface area is 73.6 Å². The summed E-state index contributed by atoms with van der Waals surface area (Å²) >= 11 is 3.39. The molecule has 0 bridgehead atoms. The first kappa shape index (κ1) is 6.92. The molecule has 0 unspecified atom stereocenters. The Hall–Kier alpha value is -0.760. The monoisotopic (exact) mass is 208 g/mol. The Morgan fingerprint density at radius 3 is 2.73 bits per heavy atom. The van der Waals surface area contributed by atoms with Gasteiger partial charge < -0.3 is 4.98 Å². The topological polar surface area (TPSA) is 15.8 Å². The molecule has 0 saturated carbocycles. The molecule has 0 atom stereocenters. The second-order valence-electron chi connectivity index (χ2n) is 2.46. The number of nitrogens with one attached hydrogen (secondary N) is 1. The third-order valence-corrected chi connectivity index (χ3v) is 2.44. The van der Waals surface area contributed by atoms with E-state index in [1.807, 2.05) is 18.2 Å². The van der Waals surface area contributed by atoms with Crippen molar-refractivity contribution in [1.29, 1.82) is 0 Å². The molecule has 0 aliphatic heterocycles. The van der Waals surface area contributed by atoms with Crippen LogP contribution in [0.3, 0.4) is 0 Å². The van der Waals surface area contributed by atoms with Crippen molar-refractivity contribution in [3.63, 3.8) is 0 Å². The maximum Gasteiger partial charge on any atom is 0.0863 e. The van der Waals surface area contributed by atoms with Gasteiger partial charge in [0, 0.05) is 10.9 Å². The van der Waals surface area contributed by atoms with Gasteiger partial charge in [0.15, 0.2) is 0 Å². The molecule has 0 spiro atoms. The Bertz CT molecular complexity index is 389. The third-order valence-electron chi connectivity index (χ3n) is 1.76. The summed E-state index contributed by atoms with van der Waals surface area (Å²) in [6.07, 6.45) is 0. The summed E-state index contributed by atoms with van der Waals surface area (Å²) in [7, 11) is 0. The van der Waals surface area contributed by atoms with E-state index in [0.29, 0.717) is 0 Å². The van der Waals surface area contributed by atoms with Gasteiger partial charge in [-0.05, 0) is 34.5 Å². The highest BCUT2D eigenvalue weighted by molar-refractivity contribution is 9.10. The van der Waals surface area contributed by atoms with Crippen LogP contribution >= 0.6 is 15.9 Å². The number of benzene rings is 1. The summed E-state index contributed by atoms with van der Waals surface area (Å²) in [5.41, 5.74) is 2.16. The van der Waals surface area contributed by atoms with Crippen LogP contribution in [-0.4, -0.2) is 4.98 Å². The summed E-state index contributed by atoms with van der Waals surface area (Å²) in [4.78, 5) is 3.18. The average Bonchev–Trinajstić information content (AvgIpc) is 2.30. The molecule has 1 nitrogen and oxygen atoms in total. The van der Waals surface area contributed by atoms with E-state index in [4.69, 9.17) is 0 Å². The highest BCUT2D eigenvalue weighted by Gasteiger charge is 2.02. The van der Waals surface area contributed by atoms with Crippen LogP contribution in [0.5, 0.6) is 0 Å². The van der Waals surface area contributed by atoms with Crippen molar-refractivity contribution >= 4 is 26.8 Å². The number of hydrogen-bond acceptors (Lipinski definition) is 0. The molecule has 1 heterocycles. The lowest BCUT2D eigenvalue weighted by molar-refractivity contribution is 1.40. The zero-order chi connectivity index (χ0) is 7.84. The van der Waals surface area contributed by atoms with Gasteiger partial charge >= 0.3 is 0 Å². The van der Waals surface area contributed by atoms with E-state index in [2.05, 4.69) is 33.9 Å². The van der Waals surface area contributed by atoms with Gasteiger partial charge in [-0.25, -0.2) is 0 Å². The van der Waals surface area contributed by atoms with Gasteiger partial charge in [0.05, 0.1) is 4.60 Å². The molecule has 0 saturated heterocycles. The Morgan fingerprint density at radius 2 is 2.00 bits per heavy atom. The number of rotatable bonds is 0. The highest BCUT2D eigenvalue weighted by Crippen LogP contribution is 2.24. The molecule has 1 N–H and O–H groups in total. The van der Waals surface area contributed by atoms with Gasteiger partial charge in [0.1, 0.15) is 0 Å². The van der Waals surface area contributed by atoms with E-state index in [0.717, 1.165) is 15.7 Å². The molecule has 1 aromatic carbocycles. The Morgan fingerprint density at radius 1 is 1.27 bits per heavy atom. The van der Waals surface area contributed by atoms with E-state index < -0.39 is 0 Å². The maximum absolute atomic E-state index is 3.93. The van der Waals surface area contributed by atoms with Crippen LogP contribution in [0.2, 0.25) is 0 Å². The minimum atomic E-state index is 0.971. The van der Waals surface area contributed by atoms with Gasteiger partial charge in [-0.3, -0.25) is 0 Å². The molecule has 1 aromatic heterocycles. The van der Waals surface area contributed by atoms with Crippen molar-refractivity contribution in [2.24, 2.45) is 0 Å². The number of hydrogen-bond donors (Lipinski definition) is 1. The molecule has 0 aliphatic rings. The summed E-state index contributed by atoms with van der Waals surface area (Å²) in [6.45, 7) is 3.93. The minimum absolute atomic E-state index is 0.971. The van der Waals surface area contributed by atoms with Crippen LogP contribution in [0, 0.1) is 6.92 Å². The van der Waals surface area contributed by atoms with Gasteiger partial charge in [-0.2, -0.15) is 0 Å². The first-order valence-electron chi connectivity index (χ1n) is 3.37. The Kier molecular flexibility index (Phi) is 1.50. The normalized spacial score (nSPS) is 10.7. The number of aromatic amines is 1. The fourth-order valence-electron chi connectivity index (χ4n) is 1.17. The number of halogens is 1. The second kappa shape index (κ2) is 2.38. The van der Waals surface area contributed by atoms with Crippen LogP contribution in [0.15, 0.2) is 28.9 Å². The number of fused-ring (bicyclic) bond motifs is 1. The predicted octanol–water partition coefficient (Wildman–Crippen LogP) is 3.11. The SMILES string of the molecule is [CH2]c1c(Br)[nH]c2ccccc12. The molecule has 55 valence electrons. The van der Waals surface area contributed by atoms with Crippen LogP contribution in [0.1, 0.15) is 5.56 Å². The van der Waals surface area contributed by atoms with Crippen molar-refractivity contribution in [1.82, 2.24) is 4.98 Å². The molecular formula is C9H7BrN. The van der Waals surface area contributed by atoms with Crippen molar-refractivity contribution in [3.05, 3.63) is 41.4 Å². The number of para-hydroxylation sites is 1. The second-order valence-corrected chi connectivity index (χ2v) is 3.26. The fraction of sp³-hybridized carbons (Fsp3) is 0. The first-order chi connectivity index (χ1) is 5.29. The van der Waals surface area contributed by atoms with Crippen molar-refractivity contribution in [3.8, 4) is 0 Å². The summed E-state index contributed by atoms with van der Waals surface area (Å²) in [5, 5.41) is 1.18. The first-order valence-corrected chi connectivity index (χ1v) is 4.16. The molecule has 0 amide bonds. The zero-order valence-electron chi connectivity index (χ0n) is 5.89. The summed E-state index contributed by atoms with van der Waals surface area (Å²) in [6, 6.07) is 8.11. The lowest BCUT2D eigenvalue weighted by Gasteiger charge is -1.87. The van der Waals surface area contributed by atoms with Gasteiger partial charge in [-0.1, -0.05) is 18.2 Å². The van der Waals surface area contributed by atoms with Crippen molar-refractivity contribution in [2.45, 2.75) is 0 Å². The van der Waals surface area contributed by atoms with Gasteiger partial charge in [0.25, 0.3) is 0 Å². The van der Waals surface area contributed by atoms with Crippen molar-refractivity contribution < 1.29 is 0 Å². The zero-order valence-corrected chi connectivity index (χ0v) is 7.48. The lowest BCUT2D eigenvalue weighted by Crippen LogP contribution is -1.65. The van der Waals surface area contributed by atoms with E-state index >= 15 is 0 Å². The largest absolute Gasteiger partial charge is 0.349 e. The third kappa shape index (κ3) is 0.979. The fourth-order valence-corrected chi connectivity index (χ4v) is 1.59. The maximum atomic E-state index is 3.93. The van der Waals surface area contributed by atoms with Gasteiger partial charge in [-0.15, -0.1) is 0 Å². The molecule has 0 fully saturated rings. The van der Waals surface area contributed by atoms with Crippen LogP contribution in [0.4, 0.5) is 0 Å². The summed E-state index contributed by atoms with van der Waals surface area (Å²) in [5.74, 6) is 0. The molecule has 1 radical (unpaired) electrons. The summed E-state index contributed by atoms with van der Waals surface area (Å²) < 4.78 is 0.971. The van der Waals surface area contributed by atoms with Crippen molar-refractivity contribution in [2.75, 3.05) is 0 Å². The molecule has 2 rings (SSSR count). The molecule has 0 aliphatic carbocycles. The smallest absolute Gasteiger partial charge is 0.0863 e. The van der Waals surface area contributed by atoms with E-state index in [9.17, 15) is 0 Å². The van der Waals surface area contributed by atoms with E-state index in [1.54, 1.807) is 0 Å². The van der Waals surface area contributed by atoms with Gasteiger partial charge in [0.2, 0.25) is 0 Å². The van der Waals surface area contributed by atoms with Crippen LogP contribution in [-0.2, 0) is 0 Å².